The van der Waals surface area contributed by atoms with E-state index in [1.165, 1.54) is 16.7 Å². The average Bonchev–Trinajstić information content (AvgIpc) is 2.34. The molecule has 7 heteroatoms. The fourth-order valence-electron chi connectivity index (χ4n) is 0.570. The molecule has 0 radical (unpaired) electrons. The van der Waals surface area contributed by atoms with E-state index in [0.29, 0.717) is 10.8 Å². The van der Waals surface area contributed by atoms with Gasteiger partial charge in [-0.1, -0.05) is 0 Å². The van der Waals surface area contributed by atoms with E-state index in [9.17, 15) is 4.79 Å². The van der Waals surface area contributed by atoms with Gasteiger partial charge in [-0.2, -0.15) is 0 Å². The number of carboxylic acid groups (broad SMARTS) is 1. The molecule has 5 N–H and O–H groups in total. The van der Waals surface area contributed by atoms with Gasteiger partial charge >= 0.3 is 5.97 Å². The lowest BCUT2D eigenvalue weighted by Gasteiger charge is -1.99. The second kappa shape index (κ2) is 4.24. The number of nitrogen functional groups attached to an aromatic ring is 1. The molecule has 0 aliphatic carbocycles. The van der Waals surface area contributed by atoms with Gasteiger partial charge in [-0.25, -0.2) is 4.98 Å². The molecule has 0 fully saturated rings. The Bertz CT molecular complexity index is 277. The van der Waals surface area contributed by atoms with Crippen molar-refractivity contribution in [1.82, 2.24) is 4.98 Å². The standard InChI is InChI=1S/C5H7N3O2S.ClH/c6-3(4(9)10)2-1-11-5(7)8-2;/h1,3H,6H2,(H2,7,8)(H,9,10);1H. The Kier molecular flexibility index (Phi) is 3.94. The van der Waals surface area contributed by atoms with Crippen LogP contribution in [0.15, 0.2) is 5.38 Å². The lowest BCUT2D eigenvalue weighted by Crippen LogP contribution is -2.20. The zero-order chi connectivity index (χ0) is 8.43. The number of hydrogen-bond acceptors (Lipinski definition) is 5. The van der Waals surface area contributed by atoms with Gasteiger partial charge in [0.15, 0.2) is 5.13 Å². The molecule has 68 valence electrons. The molecule has 1 aromatic heterocycles. The minimum absolute atomic E-state index is 0. The van der Waals surface area contributed by atoms with Crippen LogP contribution >= 0.6 is 23.7 Å². The SMILES string of the molecule is Cl.Nc1nc(C(N)C(=O)O)cs1. The van der Waals surface area contributed by atoms with Crippen molar-refractivity contribution in [2.24, 2.45) is 5.73 Å². The van der Waals surface area contributed by atoms with Crippen LogP contribution in [0, 0.1) is 0 Å². The highest BCUT2D eigenvalue weighted by atomic mass is 35.5. The van der Waals surface area contributed by atoms with Gasteiger partial charge in [-0.15, -0.1) is 23.7 Å². The molecule has 0 spiro atoms. The lowest BCUT2D eigenvalue weighted by atomic mass is 10.2. The third kappa shape index (κ3) is 2.33. The Balaban J connectivity index is 0.00000121. The Hall–Kier alpha value is -0.850. The first-order chi connectivity index (χ1) is 5.11. The van der Waals surface area contributed by atoms with Crippen molar-refractivity contribution in [3.8, 4) is 0 Å². The molecule has 0 bridgehead atoms. The molecule has 1 rings (SSSR count). The van der Waals surface area contributed by atoms with Gasteiger partial charge in [0, 0.05) is 5.38 Å². The first-order valence-corrected chi connectivity index (χ1v) is 3.68. The highest BCUT2D eigenvalue weighted by molar-refractivity contribution is 7.13. The molecule has 0 saturated carbocycles. The molecule has 0 saturated heterocycles. The Labute approximate surface area is 78.8 Å². The number of nitrogens with zero attached hydrogens (tertiary/aromatic N) is 1. The van der Waals surface area contributed by atoms with E-state index >= 15 is 0 Å². The molecule has 0 aliphatic rings. The highest BCUT2D eigenvalue weighted by Gasteiger charge is 2.16. The third-order valence-corrected chi connectivity index (χ3v) is 1.82. The number of aliphatic carboxylic acids is 1. The van der Waals surface area contributed by atoms with Gasteiger partial charge in [-0.05, 0) is 0 Å². The molecule has 1 unspecified atom stereocenters. The van der Waals surface area contributed by atoms with Gasteiger partial charge in [0.25, 0.3) is 0 Å². The van der Waals surface area contributed by atoms with Gasteiger partial charge in [0.2, 0.25) is 0 Å². The van der Waals surface area contributed by atoms with Crippen LogP contribution in [0.4, 0.5) is 5.13 Å². The number of anilines is 1. The quantitative estimate of drug-likeness (QED) is 0.647. The van der Waals surface area contributed by atoms with Crippen LogP contribution in [0.2, 0.25) is 0 Å². The van der Waals surface area contributed by atoms with Crippen molar-refractivity contribution in [3.63, 3.8) is 0 Å². The molecular weight excluding hydrogens is 202 g/mol. The van der Waals surface area contributed by atoms with E-state index in [1.807, 2.05) is 0 Å². The van der Waals surface area contributed by atoms with Crippen LogP contribution in [0.1, 0.15) is 11.7 Å². The summed E-state index contributed by atoms with van der Waals surface area (Å²) in [7, 11) is 0. The molecule has 1 aromatic rings. The topological polar surface area (TPSA) is 102 Å². The summed E-state index contributed by atoms with van der Waals surface area (Å²) in [6, 6.07) is -1.07. The minimum atomic E-state index is -1.10. The summed E-state index contributed by atoms with van der Waals surface area (Å²) in [5, 5.41) is 10.3. The van der Waals surface area contributed by atoms with Crippen LogP contribution in [-0.2, 0) is 4.79 Å². The molecule has 1 atom stereocenters. The highest BCUT2D eigenvalue weighted by Crippen LogP contribution is 2.16. The van der Waals surface area contributed by atoms with Gasteiger partial charge < -0.3 is 16.6 Å². The van der Waals surface area contributed by atoms with Crippen molar-refractivity contribution in [2.75, 3.05) is 5.73 Å². The van der Waals surface area contributed by atoms with E-state index in [1.54, 1.807) is 0 Å². The predicted octanol–water partition coefficient (Wildman–Crippen LogP) is 0.232. The molecule has 0 aromatic carbocycles. The Morgan fingerprint density at radius 2 is 2.33 bits per heavy atom. The Morgan fingerprint density at radius 3 is 2.67 bits per heavy atom. The summed E-state index contributed by atoms with van der Waals surface area (Å²) >= 11 is 1.17. The average molecular weight is 210 g/mol. The molecule has 5 nitrogen and oxygen atoms in total. The summed E-state index contributed by atoms with van der Waals surface area (Å²) in [4.78, 5) is 14.0. The van der Waals surface area contributed by atoms with E-state index < -0.39 is 12.0 Å². The molecule has 0 aliphatic heterocycles. The lowest BCUT2D eigenvalue weighted by molar-refractivity contribution is -0.138. The number of carboxylic acids is 1. The Morgan fingerprint density at radius 1 is 1.75 bits per heavy atom. The fourth-order valence-corrected chi connectivity index (χ4v) is 1.17. The second-order valence-electron chi connectivity index (χ2n) is 1.93. The van der Waals surface area contributed by atoms with Crippen LogP contribution in [0.5, 0.6) is 0 Å². The number of rotatable bonds is 2. The van der Waals surface area contributed by atoms with Crippen LogP contribution in [0.25, 0.3) is 0 Å². The van der Waals surface area contributed by atoms with Crippen molar-refractivity contribution in [3.05, 3.63) is 11.1 Å². The van der Waals surface area contributed by atoms with E-state index in [-0.39, 0.29) is 12.4 Å². The van der Waals surface area contributed by atoms with Crippen molar-refractivity contribution >= 4 is 34.8 Å². The number of aromatic nitrogens is 1. The van der Waals surface area contributed by atoms with Gasteiger partial charge in [0.1, 0.15) is 6.04 Å². The summed E-state index contributed by atoms with van der Waals surface area (Å²) in [6.07, 6.45) is 0. The van der Waals surface area contributed by atoms with Crippen LogP contribution < -0.4 is 11.5 Å². The molecular formula is C5H8ClN3O2S. The molecule has 12 heavy (non-hydrogen) atoms. The maximum atomic E-state index is 10.3. The smallest absolute Gasteiger partial charge is 0.326 e. The maximum Gasteiger partial charge on any atom is 0.326 e. The van der Waals surface area contributed by atoms with Crippen molar-refractivity contribution in [2.45, 2.75) is 6.04 Å². The third-order valence-electron chi connectivity index (χ3n) is 1.12. The van der Waals surface area contributed by atoms with Crippen LogP contribution in [0.3, 0.4) is 0 Å². The fraction of sp³-hybridized carbons (Fsp3) is 0.200. The van der Waals surface area contributed by atoms with Gasteiger partial charge in [0.05, 0.1) is 5.69 Å². The first-order valence-electron chi connectivity index (χ1n) is 2.80. The van der Waals surface area contributed by atoms with E-state index in [4.69, 9.17) is 16.6 Å². The maximum absolute atomic E-state index is 10.3. The predicted molar refractivity (Wildman–Crippen MR) is 48.3 cm³/mol. The minimum Gasteiger partial charge on any atom is -0.480 e. The summed E-state index contributed by atoms with van der Waals surface area (Å²) < 4.78 is 0. The van der Waals surface area contributed by atoms with Gasteiger partial charge in [-0.3, -0.25) is 4.79 Å². The van der Waals surface area contributed by atoms with Crippen molar-refractivity contribution < 1.29 is 9.90 Å². The normalized spacial score (nSPS) is 11.8. The number of halogens is 1. The summed E-state index contributed by atoms with van der Waals surface area (Å²) in [5.41, 5.74) is 10.8. The number of nitrogens with two attached hydrogens (primary N) is 2. The van der Waals surface area contributed by atoms with E-state index in [0.717, 1.165) is 0 Å². The van der Waals surface area contributed by atoms with E-state index in [2.05, 4.69) is 4.98 Å². The largest absolute Gasteiger partial charge is 0.480 e. The number of thiazole rings is 1. The zero-order valence-electron chi connectivity index (χ0n) is 5.93. The first kappa shape index (κ1) is 11.2. The molecule has 0 amide bonds. The number of carbonyl (C=O) groups is 1. The zero-order valence-corrected chi connectivity index (χ0v) is 7.56. The van der Waals surface area contributed by atoms with Crippen LogP contribution in [-0.4, -0.2) is 16.1 Å². The van der Waals surface area contributed by atoms with Crippen molar-refractivity contribution in [1.29, 1.82) is 0 Å². The number of hydrogen-bond donors (Lipinski definition) is 3. The summed E-state index contributed by atoms with van der Waals surface area (Å²) in [5.74, 6) is -1.10. The second-order valence-corrected chi connectivity index (χ2v) is 2.82. The summed E-state index contributed by atoms with van der Waals surface area (Å²) in [6.45, 7) is 0. The monoisotopic (exact) mass is 209 g/mol. The molecule has 1 heterocycles.